The third-order valence-electron chi connectivity index (χ3n) is 3.09. The maximum atomic E-state index is 11.3. The van der Waals surface area contributed by atoms with E-state index in [1.54, 1.807) is 40.3 Å². The van der Waals surface area contributed by atoms with Crippen LogP contribution < -0.4 is 0 Å². The summed E-state index contributed by atoms with van der Waals surface area (Å²) in [5, 5.41) is 0. The normalized spacial score (nSPS) is 10.4. The summed E-state index contributed by atoms with van der Waals surface area (Å²) in [7, 11) is 3.85. The molecule has 184 valence electrons. The van der Waals surface area contributed by atoms with Crippen molar-refractivity contribution in [3.63, 3.8) is 0 Å². The Morgan fingerprint density at radius 1 is 0.515 bits per heavy atom. The molecule has 0 aromatic rings. The minimum absolute atomic E-state index is 0.215. The topological polar surface area (TPSA) is 105 Å². The molecule has 0 rings (SSSR count). The fourth-order valence-electron chi connectivity index (χ4n) is 1.72. The van der Waals surface area contributed by atoms with E-state index in [9.17, 15) is 19.2 Å². The first kappa shape index (κ1) is 31.8. The number of hydrogen-bond donors (Lipinski definition) is 0. The summed E-state index contributed by atoms with van der Waals surface area (Å²) in [5.41, 5.74) is 0. The van der Waals surface area contributed by atoms with Gasteiger partial charge in [-0.15, -0.1) is 0 Å². The zero-order valence-corrected chi connectivity index (χ0v) is 23.6. The summed E-state index contributed by atoms with van der Waals surface area (Å²) in [6.45, 7) is 14.4. The number of hydrogen-bond acceptors (Lipinski definition) is 12. The first-order valence-corrected chi connectivity index (χ1v) is 23.8. The Morgan fingerprint density at radius 2 is 0.727 bits per heavy atom. The maximum absolute atomic E-state index is 11.3. The molecule has 0 bridgehead atoms. The zero-order chi connectivity index (χ0) is 25.0. The van der Waals surface area contributed by atoms with Crippen LogP contribution in [-0.2, 0) is 38.1 Å². The van der Waals surface area contributed by atoms with E-state index in [0.717, 1.165) is 24.3 Å². The molecule has 0 aliphatic carbocycles. The number of esters is 4. The molecule has 0 saturated carbocycles. The summed E-state index contributed by atoms with van der Waals surface area (Å²) in [5.74, 6) is 0.235. The molecule has 0 atom stereocenters. The minimum atomic E-state index is -2.95. The molecule has 0 saturated heterocycles. The standard InChI is InChI=1S/C20H28GeO8S4/c1-5-17(22)26-9-13-30-21(31-14-10-27-18(23)6-2,32-15-11-28-19(24)7-3)33-16-12-29-20(25)8-4/h5-8H,1-4,9-16H2. The fourth-order valence-corrected chi connectivity index (χ4v) is 38.8. The van der Waals surface area contributed by atoms with Crippen LogP contribution in [0, 0.1) is 0 Å². The SMILES string of the molecule is C=CC(=O)OCC[S][Ge]([S]CCOC(=O)C=C)([S]CCOC(=O)C=C)[S]CCOC(=O)C=C. The van der Waals surface area contributed by atoms with Crippen LogP contribution >= 0.6 is 40.3 Å². The molecule has 0 aliphatic rings. The van der Waals surface area contributed by atoms with Crippen LogP contribution in [0.5, 0.6) is 0 Å². The van der Waals surface area contributed by atoms with Crippen molar-refractivity contribution in [3.05, 3.63) is 50.6 Å². The second kappa shape index (κ2) is 20.2. The number of rotatable bonds is 20. The molecule has 13 heteroatoms. The predicted octanol–water partition coefficient (Wildman–Crippen LogP) is 3.27. The van der Waals surface area contributed by atoms with Crippen molar-refractivity contribution < 1.29 is 38.1 Å². The summed E-state index contributed by atoms with van der Waals surface area (Å²) in [4.78, 5) is 45.3. The van der Waals surface area contributed by atoms with Gasteiger partial charge in [-0.3, -0.25) is 0 Å². The molecule has 0 aliphatic heterocycles. The zero-order valence-electron chi connectivity index (χ0n) is 18.2. The monoisotopic (exact) mass is 598 g/mol. The second-order valence-electron chi connectivity index (χ2n) is 5.38. The van der Waals surface area contributed by atoms with Crippen molar-refractivity contribution in [1.29, 1.82) is 0 Å². The van der Waals surface area contributed by atoms with Gasteiger partial charge in [-0.05, 0) is 0 Å². The van der Waals surface area contributed by atoms with Gasteiger partial charge in [-0.2, -0.15) is 0 Å². The molecule has 0 N–H and O–H groups in total. The van der Waals surface area contributed by atoms with E-state index in [-0.39, 0.29) is 26.4 Å². The predicted molar refractivity (Wildman–Crippen MR) is 140 cm³/mol. The van der Waals surface area contributed by atoms with Crippen LogP contribution in [0.25, 0.3) is 0 Å². The van der Waals surface area contributed by atoms with E-state index in [1.807, 2.05) is 0 Å². The molecule has 0 spiro atoms. The average Bonchev–Trinajstić information content (AvgIpc) is 2.83. The van der Waals surface area contributed by atoms with Crippen LogP contribution in [0.1, 0.15) is 0 Å². The van der Waals surface area contributed by atoms with E-state index in [0.29, 0.717) is 23.0 Å². The van der Waals surface area contributed by atoms with Gasteiger partial charge < -0.3 is 0 Å². The molecule has 0 amide bonds. The molecule has 0 fully saturated rings. The Kier molecular flexibility index (Phi) is 19.4. The molecule has 8 nitrogen and oxygen atoms in total. The molecule has 33 heavy (non-hydrogen) atoms. The Labute approximate surface area is 210 Å². The van der Waals surface area contributed by atoms with E-state index < -0.39 is 32.6 Å². The van der Waals surface area contributed by atoms with E-state index in [4.69, 9.17) is 18.9 Å². The van der Waals surface area contributed by atoms with E-state index in [1.165, 1.54) is 0 Å². The van der Waals surface area contributed by atoms with Crippen molar-refractivity contribution in [1.82, 2.24) is 0 Å². The first-order valence-electron chi connectivity index (χ1n) is 9.55. The van der Waals surface area contributed by atoms with Gasteiger partial charge in [-0.1, -0.05) is 0 Å². The summed E-state index contributed by atoms with van der Waals surface area (Å²) < 4.78 is 20.3. The third-order valence-corrected chi connectivity index (χ3v) is 42.1. The van der Waals surface area contributed by atoms with Crippen LogP contribution in [0.2, 0.25) is 0 Å². The van der Waals surface area contributed by atoms with E-state index >= 15 is 0 Å². The summed E-state index contributed by atoms with van der Waals surface area (Å²) in [6, 6.07) is 0. The van der Waals surface area contributed by atoms with Crippen molar-refractivity contribution in [3.8, 4) is 0 Å². The summed E-state index contributed by atoms with van der Waals surface area (Å²) in [6.07, 6.45) is 4.42. The van der Waals surface area contributed by atoms with Gasteiger partial charge in [0.15, 0.2) is 0 Å². The van der Waals surface area contributed by atoms with Crippen LogP contribution in [0.3, 0.4) is 0 Å². The van der Waals surface area contributed by atoms with Gasteiger partial charge in [0.2, 0.25) is 0 Å². The molecule has 0 unspecified atom stereocenters. The second-order valence-corrected chi connectivity index (χ2v) is 38.3. The Hall–Kier alpha value is -1.22. The van der Waals surface area contributed by atoms with Gasteiger partial charge in [0.05, 0.1) is 0 Å². The third kappa shape index (κ3) is 17.0. The van der Waals surface area contributed by atoms with Crippen molar-refractivity contribution >= 4 is 72.9 Å². The summed E-state index contributed by atoms with van der Waals surface area (Å²) >= 11 is 0. The molecule has 0 radical (unpaired) electrons. The van der Waals surface area contributed by atoms with Gasteiger partial charge in [0.25, 0.3) is 0 Å². The quantitative estimate of drug-likeness (QED) is 0.0677. The molecule has 0 aromatic carbocycles. The average molecular weight is 597 g/mol. The number of carbonyl (C=O) groups excluding carboxylic acids is 4. The van der Waals surface area contributed by atoms with Crippen LogP contribution in [-0.4, -0.2) is 82.0 Å². The first-order chi connectivity index (χ1) is 15.8. The van der Waals surface area contributed by atoms with Crippen LogP contribution in [0.4, 0.5) is 0 Å². The molecule has 0 heterocycles. The van der Waals surface area contributed by atoms with Crippen LogP contribution in [0.15, 0.2) is 50.6 Å². The van der Waals surface area contributed by atoms with Crippen molar-refractivity contribution in [2.45, 2.75) is 0 Å². The molecular weight excluding hydrogens is 569 g/mol. The number of ether oxygens (including phenoxy) is 4. The van der Waals surface area contributed by atoms with Gasteiger partial charge in [0.1, 0.15) is 0 Å². The fraction of sp³-hybridized carbons (Fsp3) is 0.400. The number of carbonyl (C=O) groups is 4. The Bertz CT molecular complexity index is 584. The molecule has 0 aromatic heterocycles. The van der Waals surface area contributed by atoms with Crippen molar-refractivity contribution in [2.24, 2.45) is 0 Å². The molecular formula is C20H28GeO8S4. The Balaban J connectivity index is 5.15. The van der Waals surface area contributed by atoms with E-state index in [2.05, 4.69) is 26.3 Å². The van der Waals surface area contributed by atoms with Gasteiger partial charge >= 0.3 is 211 Å². The van der Waals surface area contributed by atoms with Gasteiger partial charge in [-0.25, -0.2) is 0 Å². The Morgan fingerprint density at radius 3 is 0.909 bits per heavy atom. The van der Waals surface area contributed by atoms with Gasteiger partial charge in [0, 0.05) is 0 Å². The van der Waals surface area contributed by atoms with Crippen molar-refractivity contribution in [2.75, 3.05) is 49.4 Å².